The van der Waals surface area contributed by atoms with Gasteiger partial charge in [0.25, 0.3) is 0 Å². The zero-order valence-electron chi connectivity index (χ0n) is 13.4. The molecule has 0 aliphatic heterocycles. The molecule has 1 heterocycles. The minimum absolute atomic E-state index is 0.331. The zero-order chi connectivity index (χ0) is 16.2. The number of hydrogen-bond acceptors (Lipinski definition) is 4. The lowest BCUT2D eigenvalue weighted by molar-refractivity contribution is -0.137. The Hall–Kier alpha value is -2.56. The summed E-state index contributed by atoms with van der Waals surface area (Å²) in [4.78, 5) is 16.1. The maximum atomic E-state index is 11.5. The number of aromatic nitrogens is 2. The third kappa shape index (κ3) is 3.44. The van der Waals surface area contributed by atoms with Crippen LogP contribution in [0.25, 0.3) is 17.5 Å². The zero-order valence-corrected chi connectivity index (χ0v) is 13.4. The van der Waals surface area contributed by atoms with Crippen molar-refractivity contribution in [1.82, 2.24) is 9.55 Å². The summed E-state index contributed by atoms with van der Waals surface area (Å²) >= 11 is 0. The molecule has 0 N–H and O–H groups in total. The Kier molecular flexibility index (Phi) is 4.46. The molecule has 0 saturated heterocycles. The number of carbonyl (C=O) groups is 1. The monoisotopic (exact) mass is 312 g/mol. The number of carbonyl (C=O) groups excluding carboxylic acids is 1. The number of nitrogens with zero attached hydrogens (tertiary/aromatic N) is 2. The quantitative estimate of drug-likeness (QED) is 0.605. The van der Waals surface area contributed by atoms with Crippen LogP contribution in [0.3, 0.4) is 0 Å². The van der Waals surface area contributed by atoms with Gasteiger partial charge in [-0.2, -0.15) is 0 Å². The first kappa shape index (κ1) is 15.3. The molecule has 1 aliphatic carbocycles. The highest BCUT2D eigenvalue weighted by Crippen LogP contribution is 2.40. The second-order valence-electron chi connectivity index (χ2n) is 5.42. The summed E-state index contributed by atoms with van der Waals surface area (Å²) in [5.41, 5.74) is 1.96. The average Bonchev–Trinajstić information content (AvgIpc) is 3.33. The topological polar surface area (TPSA) is 53.4 Å². The Morgan fingerprint density at radius 2 is 2.09 bits per heavy atom. The van der Waals surface area contributed by atoms with Crippen molar-refractivity contribution < 1.29 is 14.3 Å². The van der Waals surface area contributed by atoms with Gasteiger partial charge in [0.2, 0.25) is 0 Å². The van der Waals surface area contributed by atoms with E-state index in [9.17, 15) is 4.79 Å². The maximum Gasteiger partial charge on any atom is 0.330 e. The molecule has 1 aromatic carbocycles. The number of esters is 1. The van der Waals surface area contributed by atoms with Gasteiger partial charge in [-0.15, -0.1) is 0 Å². The Bertz CT molecular complexity index is 712. The van der Waals surface area contributed by atoms with Crippen LogP contribution in [0.1, 0.15) is 31.5 Å². The van der Waals surface area contributed by atoms with Gasteiger partial charge in [0, 0.05) is 17.7 Å². The molecular weight excluding hydrogens is 292 g/mol. The van der Waals surface area contributed by atoms with Crippen LogP contribution in [0.15, 0.2) is 36.5 Å². The molecule has 5 heteroatoms. The van der Waals surface area contributed by atoms with E-state index in [0.29, 0.717) is 12.6 Å². The largest absolute Gasteiger partial charge is 0.497 e. The van der Waals surface area contributed by atoms with Crippen LogP contribution < -0.4 is 4.74 Å². The molecule has 23 heavy (non-hydrogen) atoms. The molecule has 1 fully saturated rings. The second-order valence-corrected chi connectivity index (χ2v) is 5.42. The van der Waals surface area contributed by atoms with Crippen molar-refractivity contribution in [2.45, 2.75) is 25.8 Å². The standard InChI is InChI=1S/C18H20N2O3/c1-3-23-17(21)11-8-15-12-19-18(20(15)14-6-7-14)13-4-9-16(22-2)10-5-13/h4-5,8-12,14H,3,6-7H2,1-2H3. The smallest absolute Gasteiger partial charge is 0.330 e. The first-order valence-corrected chi connectivity index (χ1v) is 7.79. The van der Waals surface area contributed by atoms with Crippen molar-refractivity contribution in [3.63, 3.8) is 0 Å². The number of hydrogen-bond donors (Lipinski definition) is 0. The molecular formula is C18H20N2O3. The number of imidazole rings is 1. The molecule has 0 spiro atoms. The fourth-order valence-electron chi connectivity index (χ4n) is 2.51. The van der Waals surface area contributed by atoms with Gasteiger partial charge >= 0.3 is 5.97 Å². The van der Waals surface area contributed by atoms with E-state index in [1.807, 2.05) is 24.3 Å². The molecule has 1 aromatic heterocycles. The van der Waals surface area contributed by atoms with Gasteiger partial charge in [-0.3, -0.25) is 0 Å². The van der Waals surface area contributed by atoms with E-state index in [1.54, 1.807) is 26.3 Å². The van der Waals surface area contributed by atoms with E-state index < -0.39 is 0 Å². The molecule has 0 amide bonds. The van der Waals surface area contributed by atoms with E-state index in [0.717, 1.165) is 35.7 Å². The number of ether oxygens (including phenoxy) is 2. The molecule has 1 aliphatic rings. The van der Waals surface area contributed by atoms with Crippen LogP contribution in [0.5, 0.6) is 5.75 Å². The predicted molar refractivity (Wildman–Crippen MR) is 88.2 cm³/mol. The third-order valence-corrected chi connectivity index (χ3v) is 3.76. The number of benzene rings is 1. The molecule has 0 bridgehead atoms. The highest BCUT2D eigenvalue weighted by atomic mass is 16.5. The van der Waals surface area contributed by atoms with Crippen molar-refractivity contribution in [3.05, 3.63) is 42.2 Å². The van der Waals surface area contributed by atoms with Crippen LogP contribution in [0.2, 0.25) is 0 Å². The van der Waals surface area contributed by atoms with Crippen molar-refractivity contribution in [3.8, 4) is 17.1 Å². The van der Waals surface area contributed by atoms with Crippen molar-refractivity contribution >= 4 is 12.0 Å². The second kappa shape index (κ2) is 6.69. The molecule has 2 aromatic rings. The Morgan fingerprint density at radius 3 is 2.70 bits per heavy atom. The first-order valence-electron chi connectivity index (χ1n) is 7.79. The van der Waals surface area contributed by atoms with E-state index in [4.69, 9.17) is 9.47 Å². The van der Waals surface area contributed by atoms with Gasteiger partial charge in [-0.05, 0) is 50.1 Å². The minimum Gasteiger partial charge on any atom is -0.497 e. The van der Waals surface area contributed by atoms with Crippen LogP contribution in [0, 0.1) is 0 Å². The van der Waals surface area contributed by atoms with Crippen molar-refractivity contribution in [2.24, 2.45) is 0 Å². The lowest BCUT2D eigenvalue weighted by Gasteiger charge is -2.09. The third-order valence-electron chi connectivity index (χ3n) is 3.76. The Balaban J connectivity index is 1.90. The Labute approximate surface area is 135 Å². The summed E-state index contributed by atoms with van der Waals surface area (Å²) in [5, 5.41) is 0. The SMILES string of the molecule is CCOC(=O)C=Cc1cnc(-c2ccc(OC)cc2)n1C1CC1. The lowest BCUT2D eigenvalue weighted by atomic mass is 10.2. The fourth-order valence-corrected chi connectivity index (χ4v) is 2.51. The van der Waals surface area contributed by atoms with Crippen LogP contribution in [-0.2, 0) is 9.53 Å². The van der Waals surface area contributed by atoms with Gasteiger partial charge < -0.3 is 14.0 Å². The lowest BCUT2D eigenvalue weighted by Crippen LogP contribution is -2.02. The van der Waals surface area contributed by atoms with E-state index in [2.05, 4.69) is 9.55 Å². The van der Waals surface area contributed by atoms with E-state index in [1.165, 1.54) is 6.08 Å². The summed E-state index contributed by atoms with van der Waals surface area (Å²) < 4.78 is 12.3. The molecule has 0 unspecified atom stereocenters. The van der Waals surface area contributed by atoms with Crippen LogP contribution >= 0.6 is 0 Å². The molecule has 5 nitrogen and oxygen atoms in total. The highest BCUT2D eigenvalue weighted by Gasteiger charge is 2.28. The van der Waals surface area contributed by atoms with Crippen molar-refractivity contribution in [2.75, 3.05) is 13.7 Å². The van der Waals surface area contributed by atoms with Crippen molar-refractivity contribution in [1.29, 1.82) is 0 Å². The highest BCUT2D eigenvalue weighted by molar-refractivity contribution is 5.86. The van der Waals surface area contributed by atoms with Crippen LogP contribution in [0.4, 0.5) is 0 Å². The van der Waals surface area contributed by atoms with Gasteiger partial charge in [0.15, 0.2) is 0 Å². The first-order chi connectivity index (χ1) is 11.2. The average molecular weight is 312 g/mol. The predicted octanol–water partition coefficient (Wildman–Crippen LogP) is 3.47. The van der Waals surface area contributed by atoms with Gasteiger partial charge in [0.05, 0.1) is 25.6 Å². The molecule has 3 rings (SSSR count). The molecule has 0 atom stereocenters. The number of rotatable bonds is 6. The summed E-state index contributed by atoms with van der Waals surface area (Å²) in [6.07, 6.45) is 7.31. The summed E-state index contributed by atoms with van der Waals surface area (Å²) in [5.74, 6) is 1.40. The van der Waals surface area contributed by atoms with Gasteiger partial charge in [-0.25, -0.2) is 9.78 Å². The fraction of sp³-hybridized carbons (Fsp3) is 0.333. The van der Waals surface area contributed by atoms with Gasteiger partial charge in [-0.1, -0.05) is 0 Å². The van der Waals surface area contributed by atoms with E-state index >= 15 is 0 Å². The van der Waals surface area contributed by atoms with Crippen LogP contribution in [-0.4, -0.2) is 29.2 Å². The summed E-state index contributed by atoms with van der Waals surface area (Å²) in [6.45, 7) is 2.17. The Morgan fingerprint density at radius 1 is 1.35 bits per heavy atom. The maximum absolute atomic E-state index is 11.5. The van der Waals surface area contributed by atoms with E-state index in [-0.39, 0.29) is 5.97 Å². The summed E-state index contributed by atoms with van der Waals surface area (Å²) in [7, 11) is 1.65. The number of methoxy groups -OCH3 is 1. The van der Waals surface area contributed by atoms with Gasteiger partial charge in [0.1, 0.15) is 11.6 Å². The molecule has 0 radical (unpaired) electrons. The normalized spacial score (nSPS) is 14.2. The minimum atomic E-state index is -0.331. The molecule has 1 saturated carbocycles. The molecule has 120 valence electrons. The summed E-state index contributed by atoms with van der Waals surface area (Å²) in [6, 6.07) is 8.30.